The highest BCUT2D eigenvalue weighted by atomic mass is 16.6. The topological polar surface area (TPSA) is 61.8 Å². The lowest BCUT2D eigenvalue weighted by molar-refractivity contribution is -0.153. The van der Waals surface area contributed by atoms with E-state index in [2.05, 4.69) is 0 Å². The van der Waals surface area contributed by atoms with E-state index in [1.54, 1.807) is 14.2 Å². The number of carbonyl (C=O) groups is 2. The molecule has 2 aliphatic rings. The highest BCUT2D eigenvalue weighted by molar-refractivity contribution is 6.00. The van der Waals surface area contributed by atoms with Crippen molar-refractivity contribution in [2.75, 3.05) is 14.2 Å². The summed E-state index contributed by atoms with van der Waals surface area (Å²) in [5.41, 5.74) is 1.94. The number of methoxy groups -OCH3 is 2. The summed E-state index contributed by atoms with van der Waals surface area (Å²) in [6.07, 6.45) is 0. The summed E-state index contributed by atoms with van der Waals surface area (Å²) >= 11 is 0. The van der Waals surface area contributed by atoms with Gasteiger partial charge in [-0.3, -0.25) is 9.59 Å². The molecule has 4 rings (SSSR count). The fraction of sp³-hybridized carbons (Fsp3) is 0.300. The summed E-state index contributed by atoms with van der Waals surface area (Å²) in [5.74, 6) is -0.515. The third-order valence-electron chi connectivity index (χ3n) is 5.25. The molecule has 1 saturated heterocycles. The Hall–Kier alpha value is -2.82. The molecule has 2 fully saturated rings. The summed E-state index contributed by atoms with van der Waals surface area (Å²) in [6, 6.07) is 15.3. The van der Waals surface area contributed by atoms with E-state index in [1.165, 1.54) is 0 Å². The molecule has 0 bridgehead atoms. The van der Waals surface area contributed by atoms with Crippen molar-refractivity contribution in [1.29, 1.82) is 0 Å². The second kappa shape index (κ2) is 5.92. The van der Waals surface area contributed by atoms with Gasteiger partial charge in [-0.05, 0) is 35.4 Å². The molecule has 4 unspecified atom stereocenters. The molecule has 0 amide bonds. The van der Waals surface area contributed by atoms with Crippen LogP contribution in [0, 0.1) is 11.8 Å². The fourth-order valence-corrected chi connectivity index (χ4v) is 4.10. The van der Waals surface area contributed by atoms with Crippen LogP contribution >= 0.6 is 0 Å². The number of ether oxygens (including phenoxy) is 3. The summed E-state index contributed by atoms with van der Waals surface area (Å²) < 4.78 is 15.5. The van der Waals surface area contributed by atoms with Crippen LogP contribution in [0.5, 0.6) is 11.5 Å². The van der Waals surface area contributed by atoms with Gasteiger partial charge in [-0.15, -0.1) is 0 Å². The van der Waals surface area contributed by atoms with Gasteiger partial charge in [0, 0.05) is 11.8 Å². The molecule has 1 heterocycles. The minimum atomic E-state index is -0.434. The van der Waals surface area contributed by atoms with E-state index in [0.717, 1.165) is 22.6 Å². The molecule has 1 aliphatic carbocycles. The van der Waals surface area contributed by atoms with E-state index in [-0.39, 0.29) is 11.8 Å². The Morgan fingerprint density at radius 1 is 0.720 bits per heavy atom. The Morgan fingerprint density at radius 2 is 1.16 bits per heavy atom. The Labute approximate surface area is 145 Å². The van der Waals surface area contributed by atoms with Crippen LogP contribution in [-0.4, -0.2) is 26.2 Å². The molecule has 1 aliphatic heterocycles. The maximum Gasteiger partial charge on any atom is 0.318 e. The van der Waals surface area contributed by atoms with Crippen molar-refractivity contribution in [1.82, 2.24) is 0 Å². The largest absolute Gasteiger partial charge is 0.497 e. The number of fused-ring (bicyclic) bond motifs is 1. The van der Waals surface area contributed by atoms with Crippen molar-refractivity contribution in [2.24, 2.45) is 11.8 Å². The average molecular weight is 338 g/mol. The first-order valence-corrected chi connectivity index (χ1v) is 8.17. The summed E-state index contributed by atoms with van der Waals surface area (Å²) in [6.45, 7) is 0. The average Bonchev–Trinajstić information content (AvgIpc) is 2.84. The van der Waals surface area contributed by atoms with Gasteiger partial charge < -0.3 is 14.2 Å². The second-order valence-electron chi connectivity index (χ2n) is 6.40. The zero-order valence-electron chi connectivity index (χ0n) is 14.0. The van der Waals surface area contributed by atoms with Crippen LogP contribution in [0.25, 0.3) is 0 Å². The van der Waals surface area contributed by atoms with E-state index in [4.69, 9.17) is 14.2 Å². The first-order valence-electron chi connectivity index (χ1n) is 8.17. The van der Waals surface area contributed by atoms with Gasteiger partial charge in [0.25, 0.3) is 0 Å². The summed E-state index contributed by atoms with van der Waals surface area (Å²) in [7, 11) is 3.21. The van der Waals surface area contributed by atoms with E-state index < -0.39 is 23.8 Å². The molecule has 4 atom stereocenters. The number of benzene rings is 2. The first-order chi connectivity index (χ1) is 12.1. The molecular weight excluding hydrogens is 320 g/mol. The van der Waals surface area contributed by atoms with Gasteiger partial charge in [0.15, 0.2) is 0 Å². The standard InChI is InChI=1S/C20H18O5/c1-23-13-7-3-5-11(9-13)15-16(12-6-4-8-14(10-12)24-2)18-17(15)19(21)25-20(18)22/h3-10,15-18H,1-2H3. The third-order valence-corrected chi connectivity index (χ3v) is 5.25. The minimum absolute atomic E-state index is 0.119. The van der Waals surface area contributed by atoms with Crippen LogP contribution in [0.4, 0.5) is 0 Å². The van der Waals surface area contributed by atoms with Crippen LogP contribution < -0.4 is 9.47 Å². The van der Waals surface area contributed by atoms with Crippen molar-refractivity contribution in [2.45, 2.75) is 11.8 Å². The molecule has 1 saturated carbocycles. The smallest absolute Gasteiger partial charge is 0.318 e. The summed E-state index contributed by atoms with van der Waals surface area (Å²) in [4.78, 5) is 24.4. The molecule has 0 N–H and O–H groups in total. The lowest BCUT2D eigenvalue weighted by atomic mass is 9.53. The number of cyclic esters (lactones) is 2. The molecule has 128 valence electrons. The molecule has 0 aromatic heterocycles. The lowest BCUT2D eigenvalue weighted by Gasteiger charge is -2.45. The predicted octanol–water partition coefficient (Wildman–Crippen LogP) is 2.90. The molecular formula is C20H18O5. The Balaban J connectivity index is 1.78. The number of hydrogen-bond acceptors (Lipinski definition) is 5. The summed E-state index contributed by atoms with van der Waals surface area (Å²) in [5, 5.41) is 0. The molecule has 2 aromatic rings. The van der Waals surface area contributed by atoms with Gasteiger partial charge in [-0.25, -0.2) is 0 Å². The SMILES string of the molecule is COc1cccc(C2C3C(=O)OC(=O)C3C2c2cccc(OC)c2)c1. The minimum Gasteiger partial charge on any atom is -0.497 e. The van der Waals surface area contributed by atoms with E-state index in [1.807, 2.05) is 48.5 Å². The normalized spacial score (nSPS) is 27.3. The van der Waals surface area contributed by atoms with Crippen molar-refractivity contribution < 1.29 is 23.8 Å². The van der Waals surface area contributed by atoms with Crippen molar-refractivity contribution in [3.63, 3.8) is 0 Å². The molecule has 25 heavy (non-hydrogen) atoms. The number of carbonyl (C=O) groups excluding carboxylic acids is 2. The molecule has 0 spiro atoms. The quantitative estimate of drug-likeness (QED) is 0.634. The number of esters is 2. The Bertz CT molecular complexity index is 774. The van der Waals surface area contributed by atoms with Gasteiger partial charge in [0.05, 0.1) is 26.1 Å². The van der Waals surface area contributed by atoms with Gasteiger partial charge >= 0.3 is 11.9 Å². The zero-order chi connectivity index (χ0) is 17.6. The third kappa shape index (κ3) is 2.38. The Kier molecular flexibility index (Phi) is 3.71. The fourth-order valence-electron chi connectivity index (χ4n) is 4.10. The number of rotatable bonds is 4. The van der Waals surface area contributed by atoms with Crippen molar-refractivity contribution in [3.8, 4) is 11.5 Å². The van der Waals surface area contributed by atoms with Gasteiger partial charge in [-0.1, -0.05) is 24.3 Å². The highest BCUT2D eigenvalue weighted by Gasteiger charge is 2.64. The predicted molar refractivity (Wildman–Crippen MR) is 89.5 cm³/mol. The maximum atomic E-state index is 12.2. The maximum absolute atomic E-state index is 12.2. The van der Waals surface area contributed by atoms with E-state index >= 15 is 0 Å². The van der Waals surface area contributed by atoms with E-state index in [0.29, 0.717) is 0 Å². The van der Waals surface area contributed by atoms with Gasteiger partial charge in [-0.2, -0.15) is 0 Å². The molecule has 5 heteroatoms. The van der Waals surface area contributed by atoms with Crippen LogP contribution in [0.3, 0.4) is 0 Å². The second-order valence-corrected chi connectivity index (χ2v) is 6.40. The van der Waals surface area contributed by atoms with Crippen LogP contribution in [0.2, 0.25) is 0 Å². The molecule has 5 nitrogen and oxygen atoms in total. The van der Waals surface area contributed by atoms with Gasteiger partial charge in [0.2, 0.25) is 0 Å². The molecule has 0 radical (unpaired) electrons. The Morgan fingerprint density at radius 3 is 1.56 bits per heavy atom. The highest BCUT2D eigenvalue weighted by Crippen LogP contribution is 2.61. The van der Waals surface area contributed by atoms with E-state index in [9.17, 15) is 9.59 Å². The van der Waals surface area contributed by atoms with Crippen LogP contribution in [-0.2, 0) is 14.3 Å². The van der Waals surface area contributed by atoms with Gasteiger partial charge in [0.1, 0.15) is 11.5 Å². The lowest BCUT2D eigenvalue weighted by Crippen LogP contribution is -2.45. The van der Waals surface area contributed by atoms with Crippen molar-refractivity contribution >= 4 is 11.9 Å². The first kappa shape index (κ1) is 15.7. The number of hydrogen-bond donors (Lipinski definition) is 0. The van der Waals surface area contributed by atoms with Crippen LogP contribution in [0.1, 0.15) is 23.0 Å². The molecule has 2 aromatic carbocycles. The zero-order valence-corrected chi connectivity index (χ0v) is 14.0. The monoisotopic (exact) mass is 338 g/mol. The van der Waals surface area contributed by atoms with Crippen molar-refractivity contribution in [3.05, 3.63) is 59.7 Å². The van der Waals surface area contributed by atoms with Crippen LogP contribution in [0.15, 0.2) is 48.5 Å².